The van der Waals surface area contributed by atoms with Crippen molar-refractivity contribution in [3.63, 3.8) is 0 Å². The summed E-state index contributed by atoms with van der Waals surface area (Å²) in [5.74, 6) is 0. The maximum Gasteiger partial charge on any atom is 0.0747 e. The van der Waals surface area contributed by atoms with Crippen LogP contribution in [0.15, 0.2) is 12.2 Å². The lowest BCUT2D eigenvalue weighted by molar-refractivity contribution is 0.165. The van der Waals surface area contributed by atoms with E-state index < -0.39 is 0 Å². The fraction of sp³-hybridized carbons (Fsp3) is 0.867. The maximum atomic E-state index is 10.0. The van der Waals surface area contributed by atoms with Gasteiger partial charge in [-0.2, -0.15) is 0 Å². The summed E-state index contributed by atoms with van der Waals surface area (Å²) in [6.45, 7) is 17.3. The molecule has 1 unspecified atom stereocenters. The molecular weight excluding hydrogens is 196 g/mol. The first-order chi connectivity index (χ1) is 7.07. The Balaban J connectivity index is 4.10. The van der Waals surface area contributed by atoms with Gasteiger partial charge in [-0.1, -0.05) is 54.5 Å². The maximum absolute atomic E-state index is 10.0. The van der Waals surface area contributed by atoms with Crippen molar-refractivity contribution in [2.24, 2.45) is 10.8 Å². The number of rotatable bonds is 6. The minimum Gasteiger partial charge on any atom is -0.389 e. The standard InChI is InChI=1S/C15H30O/c1-8-15(6,7)11-12(2)13(16)9-10-14(3,4)5/h13,16H,2,8-11H2,1,3-7H3. The number of hydrogen-bond acceptors (Lipinski definition) is 1. The first-order valence-corrected chi connectivity index (χ1v) is 6.43. The van der Waals surface area contributed by atoms with Crippen LogP contribution in [0.4, 0.5) is 0 Å². The molecule has 96 valence electrons. The highest BCUT2D eigenvalue weighted by Crippen LogP contribution is 2.31. The zero-order valence-electron chi connectivity index (χ0n) is 12.1. The molecule has 1 nitrogen and oxygen atoms in total. The fourth-order valence-electron chi connectivity index (χ4n) is 1.63. The van der Waals surface area contributed by atoms with Crippen molar-refractivity contribution in [2.75, 3.05) is 0 Å². The number of hydrogen-bond donors (Lipinski definition) is 1. The molecule has 0 rings (SSSR count). The summed E-state index contributed by atoms with van der Waals surface area (Å²) in [5.41, 5.74) is 1.55. The van der Waals surface area contributed by atoms with E-state index >= 15 is 0 Å². The Hall–Kier alpha value is -0.300. The molecule has 0 spiro atoms. The minimum atomic E-state index is -0.329. The first kappa shape index (κ1) is 15.7. The third-order valence-electron chi connectivity index (χ3n) is 3.30. The van der Waals surface area contributed by atoms with E-state index in [1.54, 1.807) is 0 Å². The van der Waals surface area contributed by atoms with E-state index in [-0.39, 0.29) is 11.5 Å². The van der Waals surface area contributed by atoms with Gasteiger partial charge in [0.25, 0.3) is 0 Å². The quantitative estimate of drug-likeness (QED) is 0.658. The van der Waals surface area contributed by atoms with Gasteiger partial charge in [-0.25, -0.2) is 0 Å². The number of aliphatic hydroxyl groups excluding tert-OH is 1. The van der Waals surface area contributed by atoms with Crippen molar-refractivity contribution in [1.29, 1.82) is 0 Å². The second-order valence-electron chi connectivity index (χ2n) is 6.97. The summed E-state index contributed by atoms with van der Waals surface area (Å²) in [7, 11) is 0. The van der Waals surface area contributed by atoms with E-state index in [1.807, 2.05) is 0 Å². The van der Waals surface area contributed by atoms with Crippen LogP contribution in [0.1, 0.15) is 67.2 Å². The lowest BCUT2D eigenvalue weighted by Crippen LogP contribution is -2.19. The summed E-state index contributed by atoms with van der Waals surface area (Å²) in [5, 5.41) is 10.0. The summed E-state index contributed by atoms with van der Waals surface area (Å²) in [6, 6.07) is 0. The highest BCUT2D eigenvalue weighted by Gasteiger charge is 2.21. The molecule has 16 heavy (non-hydrogen) atoms. The van der Waals surface area contributed by atoms with Gasteiger partial charge in [0.15, 0.2) is 0 Å². The summed E-state index contributed by atoms with van der Waals surface area (Å²) in [6.07, 6.45) is 3.60. The Morgan fingerprint density at radius 3 is 2.06 bits per heavy atom. The lowest BCUT2D eigenvalue weighted by Gasteiger charge is -2.27. The Bertz CT molecular complexity index is 220. The molecular formula is C15H30O. The smallest absolute Gasteiger partial charge is 0.0747 e. The molecule has 1 N–H and O–H groups in total. The summed E-state index contributed by atoms with van der Waals surface area (Å²) >= 11 is 0. The largest absolute Gasteiger partial charge is 0.389 e. The van der Waals surface area contributed by atoms with Gasteiger partial charge in [0.2, 0.25) is 0 Å². The third kappa shape index (κ3) is 7.05. The highest BCUT2D eigenvalue weighted by molar-refractivity contribution is 5.04. The summed E-state index contributed by atoms with van der Waals surface area (Å²) in [4.78, 5) is 0. The van der Waals surface area contributed by atoms with Crippen molar-refractivity contribution in [3.8, 4) is 0 Å². The molecule has 0 aliphatic rings. The Labute approximate surface area is 102 Å². The zero-order valence-corrected chi connectivity index (χ0v) is 12.1. The Morgan fingerprint density at radius 1 is 1.19 bits per heavy atom. The van der Waals surface area contributed by atoms with Crippen molar-refractivity contribution >= 4 is 0 Å². The molecule has 0 saturated heterocycles. The second kappa shape index (κ2) is 5.86. The molecule has 1 heteroatoms. The van der Waals surface area contributed by atoms with Crippen LogP contribution < -0.4 is 0 Å². The SMILES string of the molecule is C=C(CC(C)(C)CC)C(O)CCC(C)(C)C. The van der Waals surface area contributed by atoms with E-state index in [2.05, 4.69) is 48.1 Å². The monoisotopic (exact) mass is 226 g/mol. The van der Waals surface area contributed by atoms with Gasteiger partial charge in [-0.15, -0.1) is 0 Å². The van der Waals surface area contributed by atoms with Crippen LogP contribution in [0.3, 0.4) is 0 Å². The van der Waals surface area contributed by atoms with Crippen molar-refractivity contribution in [2.45, 2.75) is 73.3 Å². The molecule has 0 aromatic heterocycles. The third-order valence-corrected chi connectivity index (χ3v) is 3.30. The average molecular weight is 226 g/mol. The molecule has 0 aromatic rings. The predicted molar refractivity (Wildman–Crippen MR) is 72.5 cm³/mol. The van der Waals surface area contributed by atoms with E-state index in [4.69, 9.17) is 0 Å². The topological polar surface area (TPSA) is 20.2 Å². The predicted octanol–water partition coefficient (Wildman–Crippen LogP) is 4.56. The Morgan fingerprint density at radius 2 is 1.69 bits per heavy atom. The molecule has 0 saturated carbocycles. The molecule has 0 fully saturated rings. The lowest BCUT2D eigenvalue weighted by atomic mass is 9.80. The minimum absolute atomic E-state index is 0.264. The van der Waals surface area contributed by atoms with Gasteiger partial charge in [0.05, 0.1) is 6.10 Å². The second-order valence-corrected chi connectivity index (χ2v) is 6.97. The molecule has 0 bridgehead atoms. The molecule has 0 radical (unpaired) electrons. The Kier molecular flexibility index (Phi) is 5.75. The van der Waals surface area contributed by atoms with Gasteiger partial charge in [0.1, 0.15) is 0 Å². The van der Waals surface area contributed by atoms with Crippen LogP contribution >= 0.6 is 0 Å². The van der Waals surface area contributed by atoms with Gasteiger partial charge in [-0.05, 0) is 35.7 Å². The van der Waals surface area contributed by atoms with Crippen LogP contribution in [0.5, 0.6) is 0 Å². The van der Waals surface area contributed by atoms with Gasteiger partial charge in [-0.3, -0.25) is 0 Å². The van der Waals surface area contributed by atoms with Gasteiger partial charge >= 0.3 is 0 Å². The zero-order chi connectivity index (χ0) is 13.0. The summed E-state index contributed by atoms with van der Waals surface area (Å²) < 4.78 is 0. The molecule has 0 aliphatic heterocycles. The molecule has 1 atom stereocenters. The van der Waals surface area contributed by atoms with Crippen molar-refractivity contribution < 1.29 is 5.11 Å². The normalized spacial score (nSPS) is 14.9. The van der Waals surface area contributed by atoms with Crippen LogP contribution in [-0.4, -0.2) is 11.2 Å². The van der Waals surface area contributed by atoms with Gasteiger partial charge < -0.3 is 5.11 Å². The van der Waals surface area contributed by atoms with Crippen LogP contribution in [0.2, 0.25) is 0 Å². The van der Waals surface area contributed by atoms with Crippen LogP contribution in [-0.2, 0) is 0 Å². The van der Waals surface area contributed by atoms with E-state index in [1.165, 1.54) is 0 Å². The average Bonchev–Trinajstić information content (AvgIpc) is 2.12. The molecule has 0 heterocycles. The van der Waals surface area contributed by atoms with Crippen LogP contribution in [0, 0.1) is 10.8 Å². The van der Waals surface area contributed by atoms with E-state index in [0.29, 0.717) is 5.41 Å². The molecule has 0 aliphatic carbocycles. The van der Waals surface area contributed by atoms with Crippen LogP contribution in [0.25, 0.3) is 0 Å². The van der Waals surface area contributed by atoms with E-state index in [9.17, 15) is 5.11 Å². The molecule has 0 aromatic carbocycles. The van der Waals surface area contributed by atoms with Crippen molar-refractivity contribution in [1.82, 2.24) is 0 Å². The molecule has 0 amide bonds. The number of aliphatic hydroxyl groups is 1. The highest BCUT2D eigenvalue weighted by atomic mass is 16.3. The van der Waals surface area contributed by atoms with Gasteiger partial charge in [0, 0.05) is 0 Å². The first-order valence-electron chi connectivity index (χ1n) is 6.43. The fourth-order valence-corrected chi connectivity index (χ4v) is 1.63. The van der Waals surface area contributed by atoms with E-state index in [0.717, 1.165) is 31.3 Å². The van der Waals surface area contributed by atoms with Crippen molar-refractivity contribution in [3.05, 3.63) is 12.2 Å².